The molecule has 1 aromatic heterocycles. The Labute approximate surface area is 256 Å². The van der Waals surface area contributed by atoms with Gasteiger partial charge in [-0.25, -0.2) is 4.98 Å². The van der Waals surface area contributed by atoms with Crippen LogP contribution >= 0.6 is 46.3 Å². The van der Waals surface area contributed by atoms with Crippen molar-refractivity contribution in [2.45, 2.75) is 30.4 Å². The van der Waals surface area contributed by atoms with E-state index in [2.05, 4.69) is 20.9 Å². The maximum atomic E-state index is 13.5. The van der Waals surface area contributed by atoms with Crippen LogP contribution in [0.3, 0.4) is 0 Å². The number of aryl methyl sites for hydroxylation is 1. The number of aromatic nitrogens is 1. The van der Waals surface area contributed by atoms with Gasteiger partial charge in [-0.2, -0.15) is 0 Å². The summed E-state index contributed by atoms with van der Waals surface area (Å²) in [6.07, 6.45) is 2.03. The fourth-order valence-corrected chi connectivity index (χ4v) is 5.88. The second-order valence-electron chi connectivity index (χ2n) is 8.79. The number of thiazole rings is 1. The van der Waals surface area contributed by atoms with Crippen molar-refractivity contribution in [3.05, 3.63) is 111 Å². The molecule has 0 aliphatic carbocycles. The monoisotopic (exact) mass is 624 g/mol. The van der Waals surface area contributed by atoms with Gasteiger partial charge in [0.05, 0.1) is 10.9 Å². The van der Waals surface area contributed by atoms with Crippen molar-refractivity contribution in [3.63, 3.8) is 0 Å². The minimum atomic E-state index is -0.573. The van der Waals surface area contributed by atoms with Crippen LogP contribution in [0.1, 0.15) is 35.0 Å². The fraction of sp³-hybridized carbons (Fsp3) is 0.133. The lowest BCUT2D eigenvalue weighted by Gasteiger charge is -2.15. The molecule has 4 rings (SSSR count). The lowest BCUT2D eigenvalue weighted by molar-refractivity contribution is -0.116. The number of amides is 3. The van der Waals surface area contributed by atoms with Crippen LogP contribution in [0, 0.1) is 6.92 Å². The highest BCUT2D eigenvalue weighted by molar-refractivity contribution is 8.00. The van der Waals surface area contributed by atoms with Crippen LogP contribution in [0.5, 0.6) is 0 Å². The van der Waals surface area contributed by atoms with Gasteiger partial charge in [0.25, 0.3) is 11.8 Å². The molecule has 3 N–H and O–H groups in total. The van der Waals surface area contributed by atoms with E-state index in [1.807, 2.05) is 25.3 Å². The number of hydrogen-bond donors (Lipinski definition) is 3. The summed E-state index contributed by atoms with van der Waals surface area (Å²) in [5, 5.41) is 11.1. The number of halogens is 2. The molecule has 7 nitrogen and oxygen atoms in total. The zero-order valence-corrected chi connectivity index (χ0v) is 25.3. The third kappa shape index (κ3) is 8.43. The summed E-state index contributed by atoms with van der Waals surface area (Å²) in [7, 11) is 0. The van der Waals surface area contributed by atoms with E-state index in [-0.39, 0.29) is 16.9 Å². The van der Waals surface area contributed by atoms with E-state index in [0.29, 0.717) is 38.4 Å². The number of rotatable bonds is 10. The van der Waals surface area contributed by atoms with Crippen molar-refractivity contribution < 1.29 is 14.4 Å². The van der Waals surface area contributed by atoms with E-state index in [9.17, 15) is 14.4 Å². The molecule has 1 unspecified atom stereocenters. The van der Waals surface area contributed by atoms with Crippen molar-refractivity contribution in [1.29, 1.82) is 0 Å². The van der Waals surface area contributed by atoms with Gasteiger partial charge in [-0.05, 0) is 61.9 Å². The zero-order valence-electron chi connectivity index (χ0n) is 22.1. The van der Waals surface area contributed by atoms with Crippen LogP contribution in [0.4, 0.5) is 10.8 Å². The van der Waals surface area contributed by atoms with Crippen molar-refractivity contribution in [2.75, 3.05) is 10.6 Å². The molecule has 0 radical (unpaired) electrons. The fourth-order valence-electron chi connectivity index (χ4n) is 3.66. The summed E-state index contributed by atoms with van der Waals surface area (Å²) in [5.74, 6) is -1.19. The topological polar surface area (TPSA) is 100 Å². The maximum Gasteiger partial charge on any atom is 0.272 e. The lowest BCUT2D eigenvalue weighted by Crippen LogP contribution is -2.30. The maximum absolute atomic E-state index is 13.5. The van der Waals surface area contributed by atoms with Gasteiger partial charge in [0.2, 0.25) is 5.91 Å². The van der Waals surface area contributed by atoms with Gasteiger partial charge in [0, 0.05) is 37.1 Å². The van der Waals surface area contributed by atoms with Gasteiger partial charge in [0.15, 0.2) is 5.13 Å². The summed E-state index contributed by atoms with van der Waals surface area (Å²) in [5.41, 5.74) is 2.06. The first-order valence-electron chi connectivity index (χ1n) is 12.6. The van der Waals surface area contributed by atoms with Gasteiger partial charge < -0.3 is 16.0 Å². The van der Waals surface area contributed by atoms with E-state index >= 15 is 0 Å². The predicted octanol–water partition coefficient (Wildman–Crippen LogP) is 7.68. The van der Waals surface area contributed by atoms with Crippen LogP contribution in [0.25, 0.3) is 6.08 Å². The molecule has 0 saturated heterocycles. The predicted molar refractivity (Wildman–Crippen MR) is 169 cm³/mol. The number of thioether (sulfide) groups is 1. The van der Waals surface area contributed by atoms with Crippen LogP contribution in [-0.2, 0) is 9.59 Å². The van der Waals surface area contributed by atoms with Gasteiger partial charge in [-0.15, -0.1) is 23.1 Å². The van der Waals surface area contributed by atoms with E-state index in [1.54, 1.807) is 66.7 Å². The molecule has 1 atom stereocenters. The molecule has 210 valence electrons. The van der Waals surface area contributed by atoms with Crippen molar-refractivity contribution in [2.24, 2.45) is 0 Å². The largest absolute Gasteiger partial charge is 0.321 e. The smallest absolute Gasteiger partial charge is 0.272 e. The average molecular weight is 626 g/mol. The highest BCUT2D eigenvalue weighted by atomic mass is 35.5. The number of nitrogens with zero attached hydrogens (tertiary/aromatic N) is 1. The minimum Gasteiger partial charge on any atom is -0.321 e. The summed E-state index contributed by atoms with van der Waals surface area (Å²) in [6, 6.07) is 20.7. The molecule has 0 saturated carbocycles. The van der Waals surface area contributed by atoms with Crippen molar-refractivity contribution in [3.8, 4) is 0 Å². The molecular formula is C30H26Cl2N4O3S2. The lowest BCUT2D eigenvalue weighted by atomic mass is 10.1. The number of carbonyl (C=O) groups excluding carboxylic acids is 3. The third-order valence-electron chi connectivity index (χ3n) is 5.70. The van der Waals surface area contributed by atoms with E-state index < -0.39 is 11.8 Å². The zero-order chi connectivity index (χ0) is 29.4. The first-order valence-corrected chi connectivity index (χ1v) is 15.1. The number of benzene rings is 3. The number of carbonyl (C=O) groups is 3. The highest BCUT2D eigenvalue weighted by Crippen LogP contribution is 2.30. The summed E-state index contributed by atoms with van der Waals surface area (Å²) in [6.45, 7) is 3.80. The van der Waals surface area contributed by atoms with Crippen molar-refractivity contribution in [1.82, 2.24) is 10.3 Å². The van der Waals surface area contributed by atoms with Gasteiger partial charge in [-0.1, -0.05) is 60.5 Å². The SMILES string of the molecule is CCC(Sc1cccc(NC(=O)/C(=C\c2c(Cl)cccc2Cl)NC(=O)c2ccccc2)c1)C(=O)Nc1nc(C)cs1. The Morgan fingerprint density at radius 1 is 0.976 bits per heavy atom. The second-order valence-corrected chi connectivity index (χ2v) is 11.7. The Kier molecular flexibility index (Phi) is 10.6. The molecule has 3 aromatic carbocycles. The van der Waals surface area contributed by atoms with Crippen LogP contribution in [0.15, 0.2) is 88.8 Å². The molecule has 41 heavy (non-hydrogen) atoms. The molecule has 0 aliphatic rings. The van der Waals surface area contributed by atoms with E-state index in [0.717, 1.165) is 10.6 Å². The summed E-state index contributed by atoms with van der Waals surface area (Å²) >= 11 is 15.4. The van der Waals surface area contributed by atoms with Crippen LogP contribution in [0.2, 0.25) is 10.0 Å². The highest BCUT2D eigenvalue weighted by Gasteiger charge is 2.20. The third-order valence-corrected chi connectivity index (χ3v) is 8.59. The first kappa shape index (κ1) is 30.3. The molecule has 0 spiro atoms. The Balaban J connectivity index is 1.53. The summed E-state index contributed by atoms with van der Waals surface area (Å²) < 4.78 is 0. The quantitative estimate of drug-likeness (QED) is 0.124. The molecule has 0 aliphatic heterocycles. The number of anilines is 2. The average Bonchev–Trinajstić information content (AvgIpc) is 3.37. The molecule has 0 bridgehead atoms. The first-order chi connectivity index (χ1) is 19.7. The molecule has 11 heteroatoms. The molecule has 4 aromatic rings. The van der Waals surface area contributed by atoms with Crippen molar-refractivity contribution >= 4 is 80.9 Å². The van der Waals surface area contributed by atoms with E-state index in [4.69, 9.17) is 23.2 Å². The number of hydrogen-bond acceptors (Lipinski definition) is 6. The van der Waals surface area contributed by atoms with Gasteiger partial charge >= 0.3 is 0 Å². The molecule has 3 amide bonds. The second kappa shape index (κ2) is 14.3. The standard InChI is InChI=1S/C30H26Cl2N4O3S2/c1-3-26(29(39)36-30-33-18(2)17-40-30)41-21-12-7-11-20(15-21)34-28(38)25(16-22-23(31)13-8-14-24(22)32)35-27(37)19-9-5-4-6-10-19/h4-17,26H,3H2,1-2H3,(H,34,38)(H,35,37)(H,33,36,39)/b25-16+. The Hall–Kier alpha value is -3.63. The summed E-state index contributed by atoms with van der Waals surface area (Å²) in [4.78, 5) is 44.3. The number of nitrogens with one attached hydrogen (secondary N) is 3. The van der Waals surface area contributed by atoms with Crippen LogP contribution < -0.4 is 16.0 Å². The Morgan fingerprint density at radius 3 is 2.34 bits per heavy atom. The normalized spacial score (nSPS) is 12.0. The Morgan fingerprint density at radius 2 is 1.68 bits per heavy atom. The molecule has 1 heterocycles. The van der Waals surface area contributed by atoms with Gasteiger partial charge in [0.1, 0.15) is 5.70 Å². The van der Waals surface area contributed by atoms with Crippen LogP contribution in [-0.4, -0.2) is 28.0 Å². The van der Waals surface area contributed by atoms with E-state index in [1.165, 1.54) is 29.2 Å². The minimum absolute atomic E-state index is 0.0449. The van der Waals surface area contributed by atoms with Gasteiger partial charge in [-0.3, -0.25) is 14.4 Å². The molecular weight excluding hydrogens is 599 g/mol. The Bertz CT molecular complexity index is 1570. The molecule has 0 fully saturated rings.